The van der Waals surface area contributed by atoms with Crippen molar-refractivity contribution < 1.29 is 4.42 Å². The van der Waals surface area contributed by atoms with Gasteiger partial charge in [0.1, 0.15) is 5.52 Å². The van der Waals surface area contributed by atoms with Crippen molar-refractivity contribution in [2.75, 3.05) is 4.90 Å². The third kappa shape index (κ3) is 4.45. The maximum atomic E-state index is 6.37. The molecular formula is C46H32N2OS. The maximum absolute atomic E-state index is 6.37. The first kappa shape index (κ1) is 29.0. The van der Waals surface area contributed by atoms with Crippen LogP contribution < -0.4 is 4.90 Å². The van der Waals surface area contributed by atoms with E-state index in [1.807, 2.05) is 41.7 Å². The van der Waals surface area contributed by atoms with Crippen LogP contribution in [-0.4, -0.2) is 4.98 Å². The molecule has 4 heteroatoms. The zero-order valence-electron chi connectivity index (χ0n) is 27.7. The molecule has 1 aliphatic rings. The second-order valence-corrected chi connectivity index (χ2v) is 14.7. The van der Waals surface area contributed by atoms with Gasteiger partial charge < -0.3 is 9.32 Å². The fraction of sp³-hybridized carbons (Fsp3) is 0.0652. The van der Waals surface area contributed by atoms with Crippen molar-refractivity contribution in [3.05, 3.63) is 169 Å². The lowest BCUT2D eigenvalue weighted by Crippen LogP contribution is -2.16. The van der Waals surface area contributed by atoms with Crippen molar-refractivity contribution in [2.45, 2.75) is 19.3 Å². The molecule has 10 rings (SSSR count). The number of hydrogen-bond donors (Lipinski definition) is 0. The fourth-order valence-electron chi connectivity index (χ4n) is 7.80. The van der Waals surface area contributed by atoms with Crippen LogP contribution in [-0.2, 0) is 5.41 Å². The van der Waals surface area contributed by atoms with E-state index >= 15 is 0 Å². The van der Waals surface area contributed by atoms with Crippen molar-refractivity contribution in [1.29, 1.82) is 0 Å². The summed E-state index contributed by atoms with van der Waals surface area (Å²) in [6.45, 7) is 4.67. The van der Waals surface area contributed by atoms with Crippen molar-refractivity contribution in [3.63, 3.8) is 0 Å². The Morgan fingerprint density at radius 1 is 0.540 bits per heavy atom. The molecule has 1 aliphatic carbocycles. The minimum absolute atomic E-state index is 0.111. The molecule has 0 spiro atoms. The molecule has 0 saturated heterocycles. The number of thiophene rings is 1. The highest BCUT2D eigenvalue weighted by molar-refractivity contribution is 7.26. The predicted octanol–water partition coefficient (Wildman–Crippen LogP) is 13.3. The summed E-state index contributed by atoms with van der Waals surface area (Å²) in [5.41, 5.74) is 13.4. The zero-order valence-corrected chi connectivity index (χ0v) is 28.5. The van der Waals surface area contributed by atoms with Gasteiger partial charge in [-0.15, -0.1) is 11.3 Å². The molecule has 0 atom stereocenters. The van der Waals surface area contributed by atoms with E-state index in [4.69, 9.17) is 9.40 Å². The van der Waals surface area contributed by atoms with Gasteiger partial charge >= 0.3 is 0 Å². The monoisotopic (exact) mass is 660 g/mol. The van der Waals surface area contributed by atoms with Gasteiger partial charge in [-0.2, -0.15) is 0 Å². The summed E-state index contributed by atoms with van der Waals surface area (Å²) in [4.78, 5) is 7.16. The van der Waals surface area contributed by atoms with Gasteiger partial charge in [0.2, 0.25) is 5.89 Å². The van der Waals surface area contributed by atoms with Crippen molar-refractivity contribution >= 4 is 59.7 Å². The molecule has 7 aromatic carbocycles. The van der Waals surface area contributed by atoms with Crippen LogP contribution in [0.2, 0.25) is 0 Å². The van der Waals surface area contributed by atoms with Gasteiger partial charge in [0.25, 0.3) is 0 Å². The van der Waals surface area contributed by atoms with Gasteiger partial charge in [-0.3, -0.25) is 0 Å². The summed E-state index contributed by atoms with van der Waals surface area (Å²) in [5.74, 6) is 0.626. The Bertz CT molecular complexity index is 2740. The van der Waals surface area contributed by atoms with E-state index in [2.05, 4.69) is 146 Å². The number of nitrogens with zero attached hydrogens (tertiary/aromatic N) is 2. The molecule has 0 N–H and O–H groups in total. The summed E-state index contributed by atoms with van der Waals surface area (Å²) < 4.78 is 9.01. The van der Waals surface area contributed by atoms with Crippen LogP contribution in [0.4, 0.5) is 17.1 Å². The number of hydrogen-bond acceptors (Lipinski definition) is 4. The first-order valence-electron chi connectivity index (χ1n) is 17.0. The van der Waals surface area contributed by atoms with Crippen LogP contribution in [0.3, 0.4) is 0 Å². The molecule has 50 heavy (non-hydrogen) atoms. The molecule has 2 aromatic heterocycles. The molecule has 0 amide bonds. The predicted molar refractivity (Wildman–Crippen MR) is 210 cm³/mol. The molecule has 238 valence electrons. The van der Waals surface area contributed by atoms with Gasteiger partial charge in [0.05, 0.1) is 0 Å². The summed E-state index contributed by atoms with van der Waals surface area (Å²) in [5, 5.41) is 2.63. The van der Waals surface area contributed by atoms with E-state index in [1.54, 1.807) is 0 Å². The van der Waals surface area contributed by atoms with Crippen LogP contribution >= 0.6 is 11.3 Å². The molecule has 0 saturated carbocycles. The van der Waals surface area contributed by atoms with Crippen LogP contribution in [0.5, 0.6) is 0 Å². The molecule has 9 aromatic rings. The number of rotatable bonds is 5. The summed E-state index contributed by atoms with van der Waals surface area (Å²) in [6.07, 6.45) is 0. The highest BCUT2D eigenvalue weighted by Crippen LogP contribution is 2.51. The molecule has 3 nitrogen and oxygen atoms in total. The maximum Gasteiger partial charge on any atom is 0.227 e. The van der Waals surface area contributed by atoms with E-state index in [9.17, 15) is 0 Å². The first-order valence-corrected chi connectivity index (χ1v) is 17.9. The molecule has 0 radical (unpaired) electrons. The standard InChI is InChI=1S/C46H32N2OS/c1-46(2)39-17-8-6-13-35(39)36-25-23-32(27-40(36)46)48(33-24-26-41-42(28-33)49-45(47-41)30-11-4-3-5-12-30)31-21-19-29(20-22-31)34-15-10-16-38-37-14-7-9-18-43(37)50-44(34)38/h3-28H,1-2H3. The molecule has 0 fully saturated rings. The highest BCUT2D eigenvalue weighted by atomic mass is 32.1. The Balaban J connectivity index is 1.11. The van der Waals surface area contributed by atoms with Gasteiger partial charge in [0, 0.05) is 54.3 Å². The van der Waals surface area contributed by atoms with E-state index in [-0.39, 0.29) is 5.41 Å². The average Bonchev–Trinajstić information content (AvgIpc) is 3.83. The Morgan fingerprint density at radius 3 is 2.10 bits per heavy atom. The minimum Gasteiger partial charge on any atom is -0.436 e. The first-order chi connectivity index (χ1) is 24.5. The van der Waals surface area contributed by atoms with Gasteiger partial charge in [-0.1, -0.05) is 111 Å². The van der Waals surface area contributed by atoms with Gasteiger partial charge in [0.15, 0.2) is 5.58 Å². The third-order valence-corrected chi connectivity index (χ3v) is 11.5. The molecule has 2 heterocycles. The summed E-state index contributed by atoms with van der Waals surface area (Å²) in [6, 6.07) is 56.5. The van der Waals surface area contributed by atoms with Crippen LogP contribution in [0.25, 0.3) is 65.0 Å². The molecule has 0 bridgehead atoms. The third-order valence-electron chi connectivity index (χ3n) is 10.3. The smallest absolute Gasteiger partial charge is 0.227 e. The Hall–Kier alpha value is -5.97. The normalized spacial score (nSPS) is 13.2. The number of aromatic nitrogens is 1. The largest absolute Gasteiger partial charge is 0.436 e. The van der Waals surface area contributed by atoms with Crippen molar-refractivity contribution in [2.24, 2.45) is 0 Å². The SMILES string of the molecule is CC1(C)c2ccccc2-c2ccc(N(c3ccc(-c4cccc5c4sc4ccccc45)cc3)c3ccc4nc(-c5ccccc5)oc4c3)cc21. The Morgan fingerprint density at radius 2 is 1.22 bits per heavy atom. The van der Waals surface area contributed by atoms with E-state index < -0.39 is 0 Å². The number of fused-ring (bicyclic) bond motifs is 7. The van der Waals surface area contributed by atoms with Crippen LogP contribution in [0.1, 0.15) is 25.0 Å². The lowest BCUT2D eigenvalue weighted by molar-refractivity contribution is 0.620. The van der Waals surface area contributed by atoms with E-state index in [1.165, 1.54) is 53.6 Å². The zero-order chi connectivity index (χ0) is 33.4. The highest BCUT2D eigenvalue weighted by Gasteiger charge is 2.35. The fourth-order valence-corrected chi connectivity index (χ4v) is 9.04. The molecule has 0 aliphatic heterocycles. The van der Waals surface area contributed by atoms with Crippen molar-refractivity contribution in [1.82, 2.24) is 4.98 Å². The Kier molecular flexibility index (Phi) is 6.39. The van der Waals surface area contributed by atoms with Crippen LogP contribution in [0.15, 0.2) is 162 Å². The van der Waals surface area contributed by atoms with Crippen molar-refractivity contribution in [3.8, 4) is 33.7 Å². The lowest BCUT2D eigenvalue weighted by Gasteiger charge is -2.28. The Labute approximate surface area is 294 Å². The molecular weight excluding hydrogens is 629 g/mol. The number of anilines is 3. The summed E-state index contributed by atoms with van der Waals surface area (Å²) in [7, 11) is 0. The summed E-state index contributed by atoms with van der Waals surface area (Å²) >= 11 is 1.87. The van der Waals surface area contributed by atoms with Gasteiger partial charge in [-0.25, -0.2) is 4.98 Å². The topological polar surface area (TPSA) is 29.3 Å². The number of oxazole rings is 1. The second-order valence-electron chi connectivity index (χ2n) is 13.6. The second kappa shape index (κ2) is 11.0. The van der Waals surface area contributed by atoms with Crippen LogP contribution in [0, 0.1) is 0 Å². The van der Waals surface area contributed by atoms with E-state index in [0.29, 0.717) is 5.89 Å². The lowest BCUT2D eigenvalue weighted by atomic mass is 9.82. The average molecular weight is 661 g/mol. The van der Waals surface area contributed by atoms with E-state index in [0.717, 1.165) is 33.7 Å². The quantitative estimate of drug-likeness (QED) is 0.184. The minimum atomic E-state index is -0.111. The molecule has 0 unspecified atom stereocenters. The van der Waals surface area contributed by atoms with Gasteiger partial charge in [-0.05, 0) is 88.0 Å². The number of benzene rings is 7.